The molecular formula is C13H22N2S. The van der Waals surface area contributed by atoms with Crippen LogP contribution in [0.25, 0.3) is 0 Å². The fourth-order valence-corrected chi connectivity index (χ4v) is 2.50. The molecule has 1 aromatic carbocycles. The normalized spacial score (nSPS) is 12.7. The predicted molar refractivity (Wildman–Crippen MR) is 73.6 cm³/mol. The fourth-order valence-electron chi connectivity index (χ4n) is 1.54. The second kappa shape index (κ2) is 7.71. The van der Waals surface area contributed by atoms with Gasteiger partial charge in [-0.3, -0.25) is 11.3 Å². The number of benzene rings is 1. The largest absolute Gasteiger partial charge is 0.271 e. The van der Waals surface area contributed by atoms with E-state index in [1.165, 1.54) is 23.3 Å². The van der Waals surface area contributed by atoms with Crippen molar-refractivity contribution in [3.63, 3.8) is 0 Å². The summed E-state index contributed by atoms with van der Waals surface area (Å²) in [5, 5.41) is 0. The number of rotatable bonds is 7. The molecule has 1 aromatic rings. The summed E-state index contributed by atoms with van der Waals surface area (Å²) in [5.41, 5.74) is 5.56. The lowest BCUT2D eigenvalue weighted by Crippen LogP contribution is -2.38. The van der Waals surface area contributed by atoms with Crippen LogP contribution >= 0.6 is 11.8 Å². The number of hydrogen-bond donors (Lipinski definition) is 2. The van der Waals surface area contributed by atoms with Crippen LogP contribution in [0.4, 0.5) is 0 Å². The zero-order valence-electron chi connectivity index (χ0n) is 10.2. The highest BCUT2D eigenvalue weighted by Crippen LogP contribution is 2.10. The molecule has 1 atom stereocenters. The van der Waals surface area contributed by atoms with E-state index in [1.807, 2.05) is 11.8 Å². The van der Waals surface area contributed by atoms with Crippen LogP contribution in [0.15, 0.2) is 24.3 Å². The summed E-state index contributed by atoms with van der Waals surface area (Å²) < 4.78 is 0. The van der Waals surface area contributed by atoms with Crippen molar-refractivity contribution >= 4 is 11.8 Å². The lowest BCUT2D eigenvalue weighted by molar-refractivity contribution is 0.575. The van der Waals surface area contributed by atoms with Crippen LogP contribution in [0.2, 0.25) is 0 Å². The van der Waals surface area contributed by atoms with Crippen LogP contribution in [-0.2, 0) is 6.42 Å². The van der Waals surface area contributed by atoms with Gasteiger partial charge in [0.1, 0.15) is 0 Å². The Kier molecular flexibility index (Phi) is 6.53. The van der Waals surface area contributed by atoms with Crippen molar-refractivity contribution in [1.29, 1.82) is 0 Å². The first kappa shape index (κ1) is 13.6. The monoisotopic (exact) mass is 238 g/mol. The van der Waals surface area contributed by atoms with Crippen molar-refractivity contribution in [2.45, 2.75) is 32.7 Å². The summed E-state index contributed by atoms with van der Waals surface area (Å²) >= 11 is 1.97. The van der Waals surface area contributed by atoms with Crippen LogP contribution in [-0.4, -0.2) is 17.5 Å². The van der Waals surface area contributed by atoms with Gasteiger partial charge in [-0.25, -0.2) is 0 Å². The summed E-state index contributed by atoms with van der Waals surface area (Å²) in [7, 11) is 0. The summed E-state index contributed by atoms with van der Waals surface area (Å²) in [6, 6.07) is 9.05. The first-order chi connectivity index (χ1) is 7.76. The highest BCUT2D eigenvalue weighted by molar-refractivity contribution is 7.99. The Morgan fingerprint density at radius 3 is 2.56 bits per heavy atom. The zero-order chi connectivity index (χ0) is 11.8. The minimum Gasteiger partial charge on any atom is -0.271 e. The van der Waals surface area contributed by atoms with Crippen LogP contribution in [0.1, 0.15) is 24.5 Å². The van der Waals surface area contributed by atoms with Gasteiger partial charge < -0.3 is 0 Å². The highest BCUT2D eigenvalue weighted by Gasteiger charge is 2.07. The van der Waals surface area contributed by atoms with E-state index in [1.54, 1.807) is 0 Å². The minimum atomic E-state index is 0.374. The third-order valence-electron chi connectivity index (χ3n) is 2.51. The molecule has 2 nitrogen and oxygen atoms in total. The van der Waals surface area contributed by atoms with Crippen molar-refractivity contribution in [3.8, 4) is 0 Å². The van der Waals surface area contributed by atoms with E-state index < -0.39 is 0 Å². The van der Waals surface area contributed by atoms with Gasteiger partial charge >= 0.3 is 0 Å². The first-order valence-electron chi connectivity index (χ1n) is 5.85. The van der Waals surface area contributed by atoms with Gasteiger partial charge in [0.25, 0.3) is 0 Å². The van der Waals surface area contributed by atoms with Gasteiger partial charge in [-0.2, -0.15) is 11.8 Å². The fraction of sp³-hybridized carbons (Fsp3) is 0.538. The summed E-state index contributed by atoms with van der Waals surface area (Å²) in [5.74, 6) is 7.87. The Morgan fingerprint density at radius 1 is 1.31 bits per heavy atom. The Balaban J connectivity index is 2.40. The van der Waals surface area contributed by atoms with E-state index in [9.17, 15) is 0 Å². The molecule has 0 fully saturated rings. The molecule has 0 spiro atoms. The van der Waals surface area contributed by atoms with Gasteiger partial charge in [0.2, 0.25) is 0 Å². The van der Waals surface area contributed by atoms with Crippen LogP contribution < -0.4 is 11.3 Å². The quantitative estimate of drug-likeness (QED) is 0.435. The molecule has 0 saturated carbocycles. The molecule has 3 heteroatoms. The van der Waals surface area contributed by atoms with Crippen molar-refractivity contribution in [2.75, 3.05) is 11.5 Å². The molecule has 0 saturated heterocycles. The molecule has 1 unspecified atom stereocenters. The SMILES string of the molecule is CCCSCC(Cc1ccc(C)cc1)NN. The maximum atomic E-state index is 5.57. The number of hydrazine groups is 1. The van der Waals surface area contributed by atoms with E-state index in [2.05, 4.69) is 43.5 Å². The third-order valence-corrected chi connectivity index (χ3v) is 3.84. The molecule has 0 aliphatic rings. The minimum absolute atomic E-state index is 0.374. The first-order valence-corrected chi connectivity index (χ1v) is 7.01. The smallest absolute Gasteiger partial charge is 0.0341 e. The molecule has 90 valence electrons. The van der Waals surface area contributed by atoms with Gasteiger partial charge in [0.15, 0.2) is 0 Å². The van der Waals surface area contributed by atoms with Crippen LogP contribution in [0.5, 0.6) is 0 Å². The molecule has 0 aliphatic carbocycles. The van der Waals surface area contributed by atoms with E-state index in [0.29, 0.717) is 6.04 Å². The zero-order valence-corrected chi connectivity index (χ0v) is 11.0. The Bertz CT molecular complexity index is 284. The van der Waals surface area contributed by atoms with Gasteiger partial charge in [-0.05, 0) is 31.1 Å². The van der Waals surface area contributed by atoms with Crippen LogP contribution in [0, 0.1) is 6.92 Å². The van der Waals surface area contributed by atoms with E-state index in [-0.39, 0.29) is 0 Å². The Morgan fingerprint density at radius 2 is 2.00 bits per heavy atom. The molecule has 0 radical (unpaired) electrons. The molecule has 0 heterocycles. The number of aryl methyl sites for hydroxylation is 1. The number of nitrogens with one attached hydrogen (secondary N) is 1. The number of nitrogens with two attached hydrogens (primary N) is 1. The average molecular weight is 238 g/mol. The third kappa shape index (κ3) is 5.01. The standard InChI is InChI=1S/C13H22N2S/c1-3-8-16-10-13(15-14)9-12-6-4-11(2)5-7-12/h4-7,13,15H,3,8-10,14H2,1-2H3. The Hall–Kier alpha value is -0.510. The molecule has 0 aromatic heterocycles. The van der Waals surface area contributed by atoms with Crippen molar-refractivity contribution in [1.82, 2.24) is 5.43 Å². The summed E-state index contributed by atoms with van der Waals surface area (Å²) in [4.78, 5) is 0. The number of thioether (sulfide) groups is 1. The molecule has 0 bridgehead atoms. The summed E-state index contributed by atoms with van der Waals surface area (Å²) in [6.07, 6.45) is 2.24. The second-order valence-corrected chi connectivity index (χ2v) is 5.28. The lowest BCUT2D eigenvalue weighted by Gasteiger charge is -2.15. The van der Waals surface area contributed by atoms with E-state index >= 15 is 0 Å². The highest BCUT2D eigenvalue weighted by atomic mass is 32.2. The molecule has 1 rings (SSSR count). The molecule has 3 N–H and O–H groups in total. The number of hydrogen-bond acceptors (Lipinski definition) is 3. The van der Waals surface area contributed by atoms with Crippen molar-refractivity contribution in [2.24, 2.45) is 5.84 Å². The maximum Gasteiger partial charge on any atom is 0.0341 e. The molecular weight excluding hydrogens is 216 g/mol. The van der Waals surface area contributed by atoms with Crippen molar-refractivity contribution < 1.29 is 0 Å². The average Bonchev–Trinajstić information content (AvgIpc) is 2.31. The topological polar surface area (TPSA) is 38.0 Å². The molecule has 16 heavy (non-hydrogen) atoms. The molecule has 0 amide bonds. The lowest BCUT2D eigenvalue weighted by atomic mass is 10.1. The van der Waals surface area contributed by atoms with Gasteiger partial charge in [0.05, 0.1) is 0 Å². The Labute approximate surface area is 103 Å². The van der Waals surface area contributed by atoms with Crippen molar-refractivity contribution in [3.05, 3.63) is 35.4 Å². The van der Waals surface area contributed by atoms with Gasteiger partial charge in [-0.1, -0.05) is 36.8 Å². The second-order valence-electron chi connectivity index (χ2n) is 4.13. The van der Waals surface area contributed by atoms with Gasteiger partial charge in [-0.15, -0.1) is 0 Å². The van der Waals surface area contributed by atoms with E-state index in [4.69, 9.17) is 5.84 Å². The van der Waals surface area contributed by atoms with Crippen LogP contribution in [0.3, 0.4) is 0 Å². The summed E-state index contributed by atoms with van der Waals surface area (Å²) in [6.45, 7) is 4.32. The van der Waals surface area contributed by atoms with E-state index in [0.717, 1.165) is 12.2 Å². The van der Waals surface area contributed by atoms with Gasteiger partial charge in [0, 0.05) is 11.8 Å². The molecule has 0 aliphatic heterocycles. The predicted octanol–water partition coefficient (Wildman–Crippen LogP) is 2.51. The maximum absolute atomic E-state index is 5.57.